The summed E-state index contributed by atoms with van der Waals surface area (Å²) in [6.45, 7) is 2.05. The zero-order valence-electron chi connectivity index (χ0n) is 20.9. The van der Waals surface area contributed by atoms with Gasteiger partial charge in [-0.3, -0.25) is 8.98 Å². The molecular weight excluding hydrogens is 569 g/mol. The minimum absolute atomic E-state index is 0.0581. The third-order valence-corrected chi connectivity index (χ3v) is 9.08. The Morgan fingerprint density at radius 3 is 2.87 bits per heavy atom. The molecule has 2 aromatic heterocycles. The molecule has 0 saturated heterocycles. The Balaban J connectivity index is 1.37. The zero-order valence-corrected chi connectivity index (χ0v) is 23.3. The number of carbonyl (C=O) groups excluding carboxylic acids is 1. The smallest absolute Gasteiger partial charge is 0.333 e. The number of hydrogen-bond donors (Lipinski definition) is 2. The van der Waals surface area contributed by atoms with Gasteiger partial charge in [-0.15, -0.1) is 11.3 Å². The van der Waals surface area contributed by atoms with Crippen molar-refractivity contribution in [3.63, 3.8) is 0 Å². The normalized spacial score (nSPS) is 25.0. The number of fused-ring (bicyclic) bond motifs is 1. The van der Waals surface area contributed by atoms with Crippen molar-refractivity contribution >= 4 is 39.0 Å². The summed E-state index contributed by atoms with van der Waals surface area (Å²) in [6, 6.07) is 7.57. The number of nitrogens with two attached hydrogens (primary N) is 1. The van der Waals surface area contributed by atoms with E-state index in [-0.39, 0.29) is 30.3 Å². The minimum Gasteiger partial charge on any atom is -0.390 e. The molecule has 0 radical (unpaired) electrons. The number of aliphatic hydroxyl groups is 1. The molecular formula is C26H27ClFN3O6S2. The second-order valence-electron chi connectivity index (χ2n) is 9.85. The fraction of sp³-hybridized carbons (Fsp3) is 0.423. The number of carbonyl (C=O) groups is 1. The fourth-order valence-corrected chi connectivity index (χ4v) is 6.92. The van der Waals surface area contributed by atoms with Gasteiger partial charge in [-0.2, -0.15) is 8.42 Å². The van der Waals surface area contributed by atoms with E-state index in [9.17, 15) is 22.7 Å². The average Bonchev–Trinajstić information content (AvgIpc) is 3.41. The summed E-state index contributed by atoms with van der Waals surface area (Å²) in [4.78, 5) is 23.3. The number of hydrogen-bond acceptors (Lipinski definition) is 9. The van der Waals surface area contributed by atoms with Crippen molar-refractivity contribution in [2.75, 3.05) is 13.2 Å². The van der Waals surface area contributed by atoms with Gasteiger partial charge in [0, 0.05) is 22.0 Å². The molecule has 5 rings (SSSR count). The van der Waals surface area contributed by atoms with Crippen LogP contribution < -0.4 is 5.14 Å². The Hall–Kier alpha value is -2.32. The molecule has 2 aliphatic rings. The van der Waals surface area contributed by atoms with Gasteiger partial charge in [-0.1, -0.05) is 17.7 Å². The van der Waals surface area contributed by atoms with Crippen LogP contribution in [0.25, 0.3) is 0 Å². The van der Waals surface area contributed by atoms with Crippen molar-refractivity contribution in [2.24, 2.45) is 17.0 Å². The van der Waals surface area contributed by atoms with E-state index in [1.54, 1.807) is 0 Å². The van der Waals surface area contributed by atoms with Crippen molar-refractivity contribution < 1.29 is 31.6 Å². The number of aryl methyl sites for hydroxylation is 1. The minimum atomic E-state index is -4.22. The van der Waals surface area contributed by atoms with Gasteiger partial charge < -0.3 is 9.84 Å². The molecule has 3 heterocycles. The van der Waals surface area contributed by atoms with Crippen LogP contribution in [0.4, 0.5) is 4.39 Å². The molecule has 1 aromatic carbocycles. The number of halogens is 2. The van der Waals surface area contributed by atoms with Crippen LogP contribution >= 0.6 is 22.9 Å². The maximum atomic E-state index is 15.0. The molecule has 13 heteroatoms. The van der Waals surface area contributed by atoms with E-state index in [4.69, 9.17) is 21.5 Å². The first-order valence-electron chi connectivity index (χ1n) is 12.3. The van der Waals surface area contributed by atoms with E-state index >= 15 is 0 Å². The van der Waals surface area contributed by atoms with Crippen molar-refractivity contribution in [1.82, 2.24) is 9.97 Å². The summed E-state index contributed by atoms with van der Waals surface area (Å²) >= 11 is 7.59. The number of aromatic nitrogens is 2. The molecule has 3 aromatic rings. The second-order valence-corrected chi connectivity index (χ2v) is 12.8. The summed E-state index contributed by atoms with van der Waals surface area (Å²) in [5.41, 5.74) is 3.60. The number of thiophene rings is 1. The number of aliphatic hydroxyl groups excluding tert-OH is 1. The van der Waals surface area contributed by atoms with Crippen LogP contribution in [0.3, 0.4) is 0 Å². The van der Waals surface area contributed by atoms with E-state index in [1.165, 1.54) is 23.9 Å². The van der Waals surface area contributed by atoms with E-state index in [0.717, 1.165) is 28.0 Å². The molecule has 39 heavy (non-hydrogen) atoms. The summed E-state index contributed by atoms with van der Waals surface area (Å²) in [5.74, 6) is -1.76. The number of ether oxygens (including phenoxy) is 1. The molecule has 0 spiro atoms. The quantitative estimate of drug-likeness (QED) is 0.377. The summed E-state index contributed by atoms with van der Waals surface area (Å²) in [5, 5.41) is 15.8. The lowest BCUT2D eigenvalue weighted by Crippen LogP contribution is -2.29. The molecule has 1 aliphatic heterocycles. The standard InChI is InChI=1S/C26H27ClFN3O6S2/c1-13-18(26-19-8-17(27)3-2-14(19)4-5-36-26)9-22(38-13)25(33)20-10-30-12-31-21(20)7-15-6-16(24(32)23(15)28)11-37-39(29,34)35/h2-3,8-10,12,15-16,23-24,26,32H,4-7,11H2,1H3,(H2,29,34,35)/t15-,16+,23+,24+,26?/m0/s1. The number of ketones is 1. The van der Waals surface area contributed by atoms with Gasteiger partial charge in [-0.05, 0) is 67.0 Å². The Morgan fingerprint density at radius 1 is 1.31 bits per heavy atom. The largest absolute Gasteiger partial charge is 0.390 e. The monoisotopic (exact) mass is 595 g/mol. The van der Waals surface area contributed by atoms with Crippen LogP contribution in [0.1, 0.15) is 55.0 Å². The number of rotatable bonds is 8. The van der Waals surface area contributed by atoms with Gasteiger partial charge in [0.1, 0.15) is 18.6 Å². The number of alkyl halides is 1. The van der Waals surface area contributed by atoms with Crippen molar-refractivity contribution in [3.8, 4) is 0 Å². The number of benzene rings is 1. The van der Waals surface area contributed by atoms with Gasteiger partial charge in [0.05, 0.1) is 35.5 Å². The lowest BCUT2D eigenvalue weighted by atomic mass is 9.92. The van der Waals surface area contributed by atoms with Crippen molar-refractivity contribution in [3.05, 3.63) is 79.5 Å². The highest BCUT2D eigenvalue weighted by atomic mass is 35.5. The van der Waals surface area contributed by atoms with Crippen LogP contribution in [0, 0.1) is 18.8 Å². The van der Waals surface area contributed by atoms with E-state index < -0.39 is 41.0 Å². The average molecular weight is 596 g/mol. The lowest BCUT2D eigenvalue weighted by molar-refractivity contribution is 0.0438. The molecule has 1 aliphatic carbocycles. The Morgan fingerprint density at radius 2 is 2.10 bits per heavy atom. The van der Waals surface area contributed by atoms with E-state index in [1.807, 2.05) is 31.2 Å². The predicted molar refractivity (Wildman–Crippen MR) is 143 cm³/mol. The van der Waals surface area contributed by atoms with Gasteiger partial charge >= 0.3 is 10.3 Å². The Kier molecular flexibility index (Phi) is 8.16. The predicted octanol–water partition coefficient (Wildman–Crippen LogP) is 3.49. The fourth-order valence-electron chi connectivity index (χ4n) is 5.37. The first-order valence-corrected chi connectivity index (χ1v) is 15.0. The van der Waals surface area contributed by atoms with E-state index in [0.29, 0.717) is 22.2 Å². The van der Waals surface area contributed by atoms with Crippen molar-refractivity contribution in [2.45, 2.75) is 44.6 Å². The molecule has 1 fully saturated rings. The topological polar surface area (TPSA) is 142 Å². The highest BCUT2D eigenvalue weighted by Gasteiger charge is 2.44. The van der Waals surface area contributed by atoms with Crippen molar-refractivity contribution in [1.29, 1.82) is 0 Å². The summed E-state index contributed by atoms with van der Waals surface area (Å²) < 4.78 is 47.9. The Bertz CT molecular complexity index is 1500. The highest BCUT2D eigenvalue weighted by Crippen LogP contribution is 2.40. The van der Waals surface area contributed by atoms with Gasteiger partial charge in [0.25, 0.3) is 0 Å². The maximum Gasteiger partial charge on any atom is 0.333 e. The molecule has 208 valence electrons. The molecule has 1 saturated carbocycles. The summed E-state index contributed by atoms with van der Waals surface area (Å²) in [7, 11) is -4.22. The molecule has 0 bridgehead atoms. The lowest BCUT2D eigenvalue weighted by Gasteiger charge is -2.26. The third kappa shape index (κ3) is 6.07. The molecule has 9 nitrogen and oxygen atoms in total. The number of nitrogens with zero attached hydrogens (tertiary/aromatic N) is 2. The van der Waals surface area contributed by atoms with Crippen LogP contribution in [0.5, 0.6) is 0 Å². The SMILES string of the molecule is Cc1sc(C(=O)c2cncnc2C[C@@H]2C[C@H](COS(N)(=O)=O)[C@@H](O)[C@@H]2F)cc1C1OCCc2ccc(Cl)cc21. The second kappa shape index (κ2) is 11.3. The highest BCUT2D eigenvalue weighted by molar-refractivity contribution is 7.84. The summed E-state index contributed by atoms with van der Waals surface area (Å²) in [6.07, 6.45) is 0.250. The van der Waals surface area contributed by atoms with Crippen LogP contribution in [-0.2, 0) is 32.1 Å². The maximum absolute atomic E-state index is 15.0. The first-order chi connectivity index (χ1) is 18.5. The third-order valence-electron chi connectivity index (χ3n) is 7.32. The van der Waals surface area contributed by atoms with Crippen LogP contribution in [0.15, 0.2) is 36.8 Å². The first kappa shape index (κ1) is 28.2. The molecule has 3 N–H and O–H groups in total. The zero-order chi connectivity index (χ0) is 27.9. The Labute approximate surface area is 234 Å². The molecule has 1 unspecified atom stereocenters. The van der Waals surface area contributed by atoms with Gasteiger partial charge in [0.15, 0.2) is 0 Å². The van der Waals surface area contributed by atoms with Gasteiger partial charge in [-0.25, -0.2) is 19.5 Å². The van der Waals surface area contributed by atoms with Gasteiger partial charge in [0.2, 0.25) is 5.78 Å². The molecule has 0 amide bonds. The van der Waals surface area contributed by atoms with E-state index in [2.05, 4.69) is 14.2 Å². The molecule has 5 atom stereocenters. The van der Waals surface area contributed by atoms with Crippen LogP contribution in [-0.4, -0.2) is 54.8 Å². The van der Waals surface area contributed by atoms with Crippen LogP contribution in [0.2, 0.25) is 5.02 Å².